The Morgan fingerprint density at radius 2 is 1.45 bits per heavy atom. The molecule has 1 aliphatic rings. The van der Waals surface area contributed by atoms with Crippen LogP contribution in [0.2, 0.25) is 0 Å². The topological polar surface area (TPSA) is 12.0 Å². The van der Waals surface area contributed by atoms with E-state index < -0.39 is 0 Å². The van der Waals surface area contributed by atoms with E-state index in [9.17, 15) is 0 Å². The van der Waals surface area contributed by atoms with Gasteiger partial charge >= 0.3 is 0 Å². The smallest absolute Gasteiger partial charge is 0.00696 e. The standard InChI is InChI=1S/C21H41N/c1-3-4-5-6-7-8-9-10-11-12-13-14-15-18-21-19-16-17-20(2)22-21/h12-13,20-22H,3-11,14-19H2,1-2H3/b13-12-. The quantitative estimate of drug-likeness (QED) is 0.292. The van der Waals surface area contributed by atoms with Crippen LogP contribution in [0.25, 0.3) is 0 Å². The van der Waals surface area contributed by atoms with Crippen molar-refractivity contribution in [3.63, 3.8) is 0 Å². The summed E-state index contributed by atoms with van der Waals surface area (Å²) < 4.78 is 0. The van der Waals surface area contributed by atoms with Crippen LogP contribution < -0.4 is 5.32 Å². The first kappa shape index (κ1) is 19.7. The van der Waals surface area contributed by atoms with Crippen LogP contribution in [0.1, 0.15) is 110 Å². The van der Waals surface area contributed by atoms with Crippen molar-refractivity contribution in [1.29, 1.82) is 0 Å². The average molecular weight is 308 g/mol. The minimum Gasteiger partial charge on any atom is -0.312 e. The van der Waals surface area contributed by atoms with Gasteiger partial charge in [0.05, 0.1) is 0 Å². The third-order valence-corrected chi connectivity index (χ3v) is 5.02. The maximum Gasteiger partial charge on any atom is 0.00696 e. The van der Waals surface area contributed by atoms with Crippen molar-refractivity contribution in [3.8, 4) is 0 Å². The molecule has 0 aromatic rings. The molecule has 130 valence electrons. The molecule has 1 rings (SSSR count). The van der Waals surface area contributed by atoms with E-state index in [2.05, 4.69) is 31.3 Å². The Morgan fingerprint density at radius 1 is 0.818 bits per heavy atom. The maximum atomic E-state index is 3.74. The molecule has 1 heterocycles. The molecule has 0 saturated carbocycles. The summed E-state index contributed by atoms with van der Waals surface area (Å²) in [7, 11) is 0. The lowest BCUT2D eigenvalue weighted by Gasteiger charge is -2.28. The summed E-state index contributed by atoms with van der Waals surface area (Å²) in [6, 6.07) is 1.54. The zero-order valence-electron chi connectivity index (χ0n) is 15.4. The van der Waals surface area contributed by atoms with Gasteiger partial charge in [-0.3, -0.25) is 0 Å². The first-order valence-corrected chi connectivity index (χ1v) is 10.2. The molecule has 1 aliphatic heterocycles. The lowest BCUT2D eigenvalue weighted by molar-refractivity contribution is 0.318. The second-order valence-corrected chi connectivity index (χ2v) is 7.36. The van der Waals surface area contributed by atoms with Crippen LogP contribution in [0.15, 0.2) is 12.2 Å². The van der Waals surface area contributed by atoms with Gasteiger partial charge in [0, 0.05) is 12.1 Å². The Kier molecular flexibility index (Phi) is 12.8. The van der Waals surface area contributed by atoms with E-state index in [-0.39, 0.29) is 0 Å². The van der Waals surface area contributed by atoms with Crippen molar-refractivity contribution >= 4 is 0 Å². The third-order valence-electron chi connectivity index (χ3n) is 5.02. The second kappa shape index (κ2) is 14.3. The van der Waals surface area contributed by atoms with Gasteiger partial charge in [-0.25, -0.2) is 0 Å². The molecule has 0 spiro atoms. The lowest BCUT2D eigenvalue weighted by atomic mass is 9.96. The Bertz CT molecular complexity index is 259. The number of nitrogens with one attached hydrogen (secondary N) is 1. The SMILES string of the molecule is CCCCCCCCCC/C=C\CCCC1CCCC(C)N1. The van der Waals surface area contributed by atoms with E-state index in [4.69, 9.17) is 0 Å². The van der Waals surface area contributed by atoms with Crippen molar-refractivity contribution < 1.29 is 0 Å². The maximum absolute atomic E-state index is 3.74. The first-order chi connectivity index (χ1) is 10.8. The van der Waals surface area contributed by atoms with Gasteiger partial charge in [-0.05, 0) is 51.9 Å². The number of rotatable bonds is 13. The summed E-state index contributed by atoms with van der Waals surface area (Å²) in [5.41, 5.74) is 0. The summed E-state index contributed by atoms with van der Waals surface area (Å²) in [6.07, 6.45) is 25.8. The van der Waals surface area contributed by atoms with Crippen LogP contribution in [0.4, 0.5) is 0 Å². The molecule has 0 amide bonds. The van der Waals surface area contributed by atoms with Crippen LogP contribution in [-0.2, 0) is 0 Å². The van der Waals surface area contributed by atoms with Gasteiger partial charge in [0.25, 0.3) is 0 Å². The normalized spacial score (nSPS) is 22.5. The third kappa shape index (κ3) is 11.3. The molecule has 1 saturated heterocycles. The zero-order valence-corrected chi connectivity index (χ0v) is 15.4. The van der Waals surface area contributed by atoms with E-state index in [1.54, 1.807) is 0 Å². The van der Waals surface area contributed by atoms with Gasteiger partial charge < -0.3 is 5.32 Å². The van der Waals surface area contributed by atoms with E-state index in [1.807, 2.05) is 0 Å². The molecule has 0 aromatic carbocycles. The summed E-state index contributed by atoms with van der Waals surface area (Å²) in [5.74, 6) is 0. The highest BCUT2D eigenvalue weighted by Crippen LogP contribution is 2.17. The fourth-order valence-electron chi connectivity index (χ4n) is 3.58. The highest BCUT2D eigenvalue weighted by Gasteiger charge is 2.16. The Morgan fingerprint density at radius 3 is 2.14 bits per heavy atom. The zero-order chi connectivity index (χ0) is 15.9. The molecule has 1 nitrogen and oxygen atoms in total. The van der Waals surface area contributed by atoms with Crippen molar-refractivity contribution in [3.05, 3.63) is 12.2 Å². The molecule has 22 heavy (non-hydrogen) atoms. The molecule has 2 unspecified atom stereocenters. The summed E-state index contributed by atoms with van der Waals surface area (Å²) in [5, 5.41) is 3.74. The van der Waals surface area contributed by atoms with Crippen molar-refractivity contribution in [2.24, 2.45) is 0 Å². The number of allylic oxidation sites excluding steroid dienone is 2. The van der Waals surface area contributed by atoms with Gasteiger partial charge in [0.1, 0.15) is 0 Å². The lowest BCUT2D eigenvalue weighted by Crippen LogP contribution is -2.40. The Labute approximate surface area is 140 Å². The molecule has 0 bridgehead atoms. The van der Waals surface area contributed by atoms with Crippen LogP contribution in [0.3, 0.4) is 0 Å². The highest BCUT2D eigenvalue weighted by atomic mass is 15.0. The average Bonchev–Trinajstić information content (AvgIpc) is 2.52. The van der Waals surface area contributed by atoms with Gasteiger partial charge in [-0.2, -0.15) is 0 Å². The fraction of sp³-hybridized carbons (Fsp3) is 0.905. The molecule has 0 radical (unpaired) electrons. The molecule has 1 N–H and O–H groups in total. The Hall–Kier alpha value is -0.300. The minimum absolute atomic E-state index is 0.747. The molecular weight excluding hydrogens is 266 g/mol. The molecular formula is C21H41N. The van der Waals surface area contributed by atoms with Crippen LogP contribution >= 0.6 is 0 Å². The second-order valence-electron chi connectivity index (χ2n) is 7.36. The van der Waals surface area contributed by atoms with Crippen LogP contribution in [-0.4, -0.2) is 12.1 Å². The van der Waals surface area contributed by atoms with Crippen LogP contribution in [0, 0.1) is 0 Å². The number of unbranched alkanes of at least 4 members (excludes halogenated alkanes) is 9. The molecule has 2 atom stereocenters. The van der Waals surface area contributed by atoms with E-state index in [0.29, 0.717) is 0 Å². The fourth-order valence-corrected chi connectivity index (χ4v) is 3.58. The molecule has 1 heteroatoms. The van der Waals surface area contributed by atoms with Crippen LogP contribution in [0.5, 0.6) is 0 Å². The number of hydrogen-bond acceptors (Lipinski definition) is 1. The summed E-state index contributed by atoms with van der Waals surface area (Å²) >= 11 is 0. The predicted octanol–water partition coefficient (Wildman–Crippen LogP) is 6.77. The monoisotopic (exact) mass is 307 g/mol. The van der Waals surface area contributed by atoms with Gasteiger partial charge in [-0.15, -0.1) is 0 Å². The van der Waals surface area contributed by atoms with Gasteiger partial charge in [0.2, 0.25) is 0 Å². The first-order valence-electron chi connectivity index (χ1n) is 10.2. The Balaban J connectivity index is 1.80. The molecule has 0 aromatic heterocycles. The summed E-state index contributed by atoms with van der Waals surface area (Å²) in [4.78, 5) is 0. The predicted molar refractivity (Wildman–Crippen MR) is 100 cm³/mol. The molecule has 0 aliphatic carbocycles. The highest BCUT2D eigenvalue weighted by molar-refractivity contribution is 4.83. The van der Waals surface area contributed by atoms with Gasteiger partial charge in [0.15, 0.2) is 0 Å². The van der Waals surface area contributed by atoms with Crippen molar-refractivity contribution in [2.75, 3.05) is 0 Å². The van der Waals surface area contributed by atoms with Crippen molar-refractivity contribution in [2.45, 2.75) is 122 Å². The number of piperidine rings is 1. The summed E-state index contributed by atoms with van der Waals surface area (Å²) in [6.45, 7) is 4.62. The minimum atomic E-state index is 0.747. The van der Waals surface area contributed by atoms with E-state index >= 15 is 0 Å². The van der Waals surface area contributed by atoms with Gasteiger partial charge in [-0.1, -0.05) is 70.4 Å². The van der Waals surface area contributed by atoms with Crippen molar-refractivity contribution in [1.82, 2.24) is 5.32 Å². The van der Waals surface area contributed by atoms with E-state index in [1.165, 1.54) is 96.3 Å². The number of hydrogen-bond donors (Lipinski definition) is 1. The van der Waals surface area contributed by atoms with E-state index in [0.717, 1.165) is 12.1 Å². The largest absolute Gasteiger partial charge is 0.312 e. The molecule has 1 fully saturated rings.